The molecule has 0 aliphatic rings. The van der Waals surface area contributed by atoms with Crippen LogP contribution in [0.1, 0.15) is 25.3 Å². The lowest BCUT2D eigenvalue weighted by molar-refractivity contribution is -0.435. The number of carbonyl (C=O) groups excluding carboxylic acids is 1. The summed E-state index contributed by atoms with van der Waals surface area (Å²) in [5.74, 6) is -0.421. The molecule has 2 rings (SSSR count). The number of hydrogen-bond donors (Lipinski definition) is 0. The van der Waals surface area contributed by atoms with Gasteiger partial charge in [0.05, 0.1) is 12.2 Å². The number of hydrogen-bond acceptors (Lipinski definition) is 4. The highest BCUT2D eigenvalue weighted by Gasteiger charge is 2.09. The largest absolute Gasteiger partial charge is 0.594 e. The molecule has 0 atom stereocenters. The highest BCUT2D eigenvalue weighted by molar-refractivity contribution is 5.87. The second-order valence-electron chi connectivity index (χ2n) is 5.12. The molecule has 0 bridgehead atoms. The molecule has 0 spiro atoms. The molecule has 0 radical (unpaired) electrons. The zero-order valence-electron chi connectivity index (χ0n) is 13.6. The van der Waals surface area contributed by atoms with Crippen LogP contribution in [0.3, 0.4) is 0 Å². The van der Waals surface area contributed by atoms with E-state index in [0.29, 0.717) is 28.4 Å². The van der Waals surface area contributed by atoms with Crippen molar-refractivity contribution in [1.29, 1.82) is 0 Å². The first-order valence-corrected chi connectivity index (χ1v) is 7.88. The average molecular weight is 324 g/mol. The normalized spacial score (nSPS) is 11.6. The average Bonchev–Trinajstić information content (AvgIpc) is 2.61. The molecular weight excluding hydrogens is 304 g/mol. The lowest BCUT2D eigenvalue weighted by Gasteiger charge is -2.03. The maximum absolute atomic E-state index is 12.3. The number of unbranched alkanes of at least 4 members (excludes halogenated alkanes) is 1. The molecule has 0 heterocycles. The van der Waals surface area contributed by atoms with Crippen LogP contribution in [0, 0.1) is 5.21 Å². The van der Waals surface area contributed by atoms with Crippen LogP contribution in [-0.2, 0) is 9.53 Å². The molecule has 0 saturated heterocycles. The quantitative estimate of drug-likeness (QED) is 0.180. The first kappa shape index (κ1) is 17.4. The molecule has 0 aliphatic carbocycles. The number of ether oxygens (including phenoxy) is 1. The SMILES string of the molecule is CCCCOC(=O)/C=C/c1ccccc1[N+]([O-])=Nc1ccccc1. The Hall–Kier alpha value is -2.95. The summed E-state index contributed by atoms with van der Waals surface area (Å²) in [4.78, 5) is 12.2. The van der Waals surface area contributed by atoms with Crippen molar-refractivity contribution in [2.75, 3.05) is 6.61 Å². The van der Waals surface area contributed by atoms with E-state index in [0.717, 1.165) is 12.8 Å². The number of benzene rings is 2. The van der Waals surface area contributed by atoms with Crippen LogP contribution in [0.4, 0.5) is 11.4 Å². The van der Waals surface area contributed by atoms with E-state index in [1.807, 2.05) is 25.1 Å². The van der Waals surface area contributed by atoms with Crippen molar-refractivity contribution >= 4 is 23.4 Å². The summed E-state index contributed by atoms with van der Waals surface area (Å²) in [6, 6.07) is 15.9. The van der Waals surface area contributed by atoms with Crippen LogP contribution in [0.15, 0.2) is 65.8 Å². The molecule has 5 nitrogen and oxygen atoms in total. The lowest BCUT2D eigenvalue weighted by atomic mass is 10.1. The maximum Gasteiger partial charge on any atom is 0.330 e. The third-order valence-electron chi connectivity index (χ3n) is 3.25. The van der Waals surface area contributed by atoms with E-state index < -0.39 is 5.97 Å². The number of rotatable bonds is 7. The fourth-order valence-corrected chi connectivity index (χ4v) is 1.98. The van der Waals surface area contributed by atoms with E-state index in [9.17, 15) is 10.0 Å². The molecule has 24 heavy (non-hydrogen) atoms. The first-order chi connectivity index (χ1) is 11.7. The molecule has 124 valence electrons. The molecule has 0 saturated carbocycles. The van der Waals surface area contributed by atoms with Crippen molar-refractivity contribution in [3.05, 3.63) is 71.4 Å². The van der Waals surface area contributed by atoms with Crippen molar-refractivity contribution in [1.82, 2.24) is 0 Å². The number of esters is 1. The van der Waals surface area contributed by atoms with Gasteiger partial charge in [0.1, 0.15) is 5.69 Å². The van der Waals surface area contributed by atoms with Crippen LogP contribution < -0.4 is 0 Å². The summed E-state index contributed by atoms with van der Waals surface area (Å²) in [5, 5.41) is 16.3. The highest BCUT2D eigenvalue weighted by Crippen LogP contribution is 2.22. The van der Waals surface area contributed by atoms with Gasteiger partial charge in [0, 0.05) is 17.3 Å². The third kappa shape index (κ3) is 5.35. The molecule has 0 aromatic heterocycles. The lowest BCUT2D eigenvalue weighted by Crippen LogP contribution is -2.01. The molecule has 5 heteroatoms. The van der Waals surface area contributed by atoms with Gasteiger partial charge < -0.3 is 9.94 Å². The minimum Gasteiger partial charge on any atom is -0.594 e. The van der Waals surface area contributed by atoms with Crippen LogP contribution in [0.2, 0.25) is 0 Å². The van der Waals surface area contributed by atoms with Gasteiger partial charge in [0.2, 0.25) is 0 Å². The summed E-state index contributed by atoms with van der Waals surface area (Å²) < 4.78 is 5.06. The van der Waals surface area contributed by atoms with Gasteiger partial charge in [-0.15, -0.1) is 0 Å². The van der Waals surface area contributed by atoms with Crippen molar-refractivity contribution < 1.29 is 14.4 Å². The highest BCUT2D eigenvalue weighted by atomic mass is 16.5. The molecule has 2 aromatic rings. The molecule has 2 aromatic carbocycles. The van der Waals surface area contributed by atoms with E-state index in [1.54, 1.807) is 42.5 Å². The van der Waals surface area contributed by atoms with E-state index in [2.05, 4.69) is 5.11 Å². The van der Waals surface area contributed by atoms with Crippen LogP contribution in [0.5, 0.6) is 0 Å². The summed E-state index contributed by atoms with van der Waals surface area (Å²) in [6.45, 7) is 2.43. The second-order valence-corrected chi connectivity index (χ2v) is 5.12. The van der Waals surface area contributed by atoms with Crippen LogP contribution in [-0.4, -0.2) is 17.4 Å². The van der Waals surface area contributed by atoms with E-state index >= 15 is 0 Å². The summed E-state index contributed by atoms with van der Waals surface area (Å²) in [7, 11) is 0. The first-order valence-electron chi connectivity index (χ1n) is 7.88. The predicted molar refractivity (Wildman–Crippen MR) is 93.2 cm³/mol. The van der Waals surface area contributed by atoms with E-state index in [-0.39, 0.29) is 0 Å². The maximum atomic E-state index is 12.3. The van der Waals surface area contributed by atoms with Crippen LogP contribution >= 0.6 is 0 Å². The Morgan fingerprint density at radius 1 is 1.17 bits per heavy atom. The Bertz CT molecular complexity index is 724. The molecule has 0 N–H and O–H groups in total. The number of para-hydroxylation sites is 1. The monoisotopic (exact) mass is 324 g/mol. The van der Waals surface area contributed by atoms with Gasteiger partial charge in [-0.2, -0.15) is 0 Å². The minimum absolute atomic E-state index is 0.360. The van der Waals surface area contributed by atoms with Gasteiger partial charge in [-0.1, -0.05) is 43.7 Å². The van der Waals surface area contributed by atoms with E-state index in [4.69, 9.17) is 4.74 Å². The standard InChI is InChI=1S/C19H20N2O3/c1-2-3-15-24-19(22)14-13-16-9-7-8-12-18(16)21(23)20-17-10-5-4-6-11-17/h4-14H,2-3,15H2,1H3/b14-13+,21-20?. The van der Waals surface area contributed by atoms with E-state index in [1.165, 1.54) is 6.08 Å². The molecule has 0 unspecified atom stereocenters. The number of azo groups is 1. The Labute approximate surface area is 141 Å². The van der Waals surface area contributed by atoms with Crippen molar-refractivity contribution in [2.45, 2.75) is 19.8 Å². The van der Waals surface area contributed by atoms with Crippen molar-refractivity contribution in [2.24, 2.45) is 5.11 Å². The Morgan fingerprint density at radius 3 is 2.62 bits per heavy atom. The van der Waals surface area contributed by atoms with Gasteiger partial charge in [-0.25, -0.2) is 4.79 Å². The predicted octanol–water partition coefficient (Wildman–Crippen LogP) is 4.97. The second kappa shape index (κ2) is 9.25. The van der Waals surface area contributed by atoms with Crippen molar-refractivity contribution in [3.63, 3.8) is 0 Å². The minimum atomic E-state index is -0.421. The van der Waals surface area contributed by atoms with Gasteiger partial charge in [0.15, 0.2) is 0 Å². The van der Waals surface area contributed by atoms with Gasteiger partial charge in [0.25, 0.3) is 5.69 Å². The summed E-state index contributed by atoms with van der Waals surface area (Å²) >= 11 is 0. The molecule has 0 amide bonds. The zero-order chi connectivity index (χ0) is 17.2. The topological polar surface area (TPSA) is 64.7 Å². The smallest absolute Gasteiger partial charge is 0.330 e. The Balaban J connectivity index is 2.15. The summed E-state index contributed by atoms with van der Waals surface area (Å²) in [5.41, 5.74) is 1.52. The molecular formula is C19H20N2O3. The number of nitrogens with zero attached hydrogens (tertiary/aromatic N) is 2. The Kier molecular flexibility index (Phi) is 6.71. The fourth-order valence-electron chi connectivity index (χ4n) is 1.98. The Morgan fingerprint density at radius 2 is 1.88 bits per heavy atom. The van der Waals surface area contributed by atoms with Gasteiger partial charge in [-0.3, -0.25) is 0 Å². The van der Waals surface area contributed by atoms with Crippen molar-refractivity contribution in [3.8, 4) is 0 Å². The molecule has 0 fully saturated rings. The van der Waals surface area contributed by atoms with Gasteiger partial charge >= 0.3 is 5.97 Å². The number of carbonyl (C=O) groups is 1. The van der Waals surface area contributed by atoms with Gasteiger partial charge in [-0.05, 0) is 35.6 Å². The van der Waals surface area contributed by atoms with Crippen LogP contribution in [0.25, 0.3) is 6.08 Å². The fraction of sp³-hybridized carbons (Fsp3) is 0.211. The molecule has 0 aliphatic heterocycles. The zero-order valence-corrected chi connectivity index (χ0v) is 13.6. The summed E-state index contributed by atoms with van der Waals surface area (Å²) in [6.07, 6.45) is 4.69. The third-order valence-corrected chi connectivity index (χ3v) is 3.25.